The number of amides is 2. The van der Waals surface area contributed by atoms with Crippen molar-refractivity contribution in [2.24, 2.45) is 0 Å². The van der Waals surface area contributed by atoms with E-state index in [0.717, 1.165) is 28.4 Å². The largest absolute Gasteiger partial charge is 0.483 e. The molecular formula is C27H35BrCl2N2O3. The molecule has 0 radical (unpaired) electrons. The number of benzene rings is 2. The summed E-state index contributed by atoms with van der Waals surface area (Å²) in [6, 6.07) is 10.4. The zero-order chi connectivity index (χ0) is 26.2. The summed E-state index contributed by atoms with van der Waals surface area (Å²) in [5, 5.41) is 3.79. The Morgan fingerprint density at radius 3 is 2.37 bits per heavy atom. The highest BCUT2D eigenvalue weighted by Gasteiger charge is 2.29. The molecule has 192 valence electrons. The first-order chi connectivity index (χ1) is 16.5. The quantitative estimate of drug-likeness (QED) is 0.285. The van der Waals surface area contributed by atoms with Crippen molar-refractivity contribution in [2.75, 3.05) is 13.2 Å². The summed E-state index contributed by atoms with van der Waals surface area (Å²) >= 11 is 15.8. The van der Waals surface area contributed by atoms with E-state index in [9.17, 15) is 9.59 Å². The van der Waals surface area contributed by atoms with Crippen LogP contribution in [0.1, 0.15) is 65.0 Å². The monoisotopic (exact) mass is 584 g/mol. The molecule has 0 saturated carbocycles. The van der Waals surface area contributed by atoms with E-state index in [1.54, 1.807) is 23.1 Å². The van der Waals surface area contributed by atoms with Gasteiger partial charge in [0, 0.05) is 13.1 Å². The van der Waals surface area contributed by atoms with E-state index in [2.05, 4.69) is 48.9 Å². The molecule has 0 aliphatic heterocycles. The van der Waals surface area contributed by atoms with E-state index in [1.807, 2.05) is 25.1 Å². The molecule has 1 atom stereocenters. The van der Waals surface area contributed by atoms with Gasteiger partial charge >= 0.3 is 0 Å². The first kappa shape index (κ1) is 29.5. The average molecular weight is 586 g/mol. The second-order valence-electron chi connectivity index (χ2n) is 9.52. The molecular weight excluding hydrogens is 551 g/mol. The van der Waals surface area contributed by atoms with E-state index < -0.39 is 6.04 Å². The van der Waals surface area contributed by atoms with Crippen LogP contribution in [0, 0.1) is 0 Å². The third-order valence-electron chi connectivity index (χ3n) is 5.70. The highest BCUT2D eigenvalue weighted by Crippen LogP contribution is 2.31. The van der Waals surface area contributed by atoms with Crippen molar-refractivity contribution in [3.63, 3.8) is 0 Å². The molecule has 1 N–H and O–H groups in total. The Labute approximate surface area is 227 Å². The summed E-state index contributed by atoms with van der Waals surface area (Å²) in [6.45, 7) is 10.9. The highest BCUT2D eigenvalue weighted by molar-refractivity contribution is 9.10. The summed E-state index contributed by atoms with van der Waals surface area (Å²) in [5.41, 5.74) is 1.93. The topological polar surface area (TPSA) is 58.6 Å². The maximum atomic E-state index is 13.4. The maximum absolute atomic E-state index is 13.4. The lowest BCUT2D eigenvalue weighted by atomic mass is 9.87. The summed E-state index contributed by atoms with van der Waals surface area (Å²) in [7, 11) is 0. The zero-order valence-corrected chi connectivity index (χ0v) is 24.2. The van der Waals surface area contributed by atoms with Crippen LogP contribution in [-0.2, 0) is 21.5 Å². The number of nitrogens with one attached hydrogen (secondary N) is 1. The van der Waals surface area contributed by atoms with Crippen molar-refractivity contribution in [1.29, 1.82) is 0 Å². The number of hydrogen-bond acceptors (Lipinski definition) is 3. The Balaban J connectivity index is 2.24. The van der Waals surface area contributed by atoms with Crippen LogP contribution < -0.4 is 10.1 Å². The minimum atomic E-state index is -0.635. The van der Waals surface area contributed by atoms with Gasteiger partial charge in [-0.1, -0.05) is 76.4 Å². The van der Waals surface area contributed by atoms with Crippen LogP contribution in [0.2, 0.25) is 10.0 Å². The fourth-order valence-electron chi connectivity index (χ4n) is 3.57. The van der Waals surface area contributed by atoms with Gasteiger partial charge in [-0.25, -0.2) is 0 Å². The molecule has 0 aromatic heterocycles. The van der Waals surface area contributed by atoms with Gasteiger partial charge in [-0.3, -0.25) is 9.59 Å². The van der Waals surface area contributed by atoms with Gasteiger partial charge in [0.25, 0.3) is 5.91 Å². The molecule has 0 bridgehead atoms. The fraction of sp³-hybridized carbons (Fsp3) is 0.481. The van der Waals surface area contributed by atoms with Crippen molar-refractivity contribution in [2.45, 2.75) is 71.9 Å². The van der Waals surface area contributed by atoms with Crippen molar-refractivity contribution in [3.05, 3.63) is 62.0 Å². The number of carbonyl (C=O) groups excluding carboxylic acids is 2. The van der Waals surface area contributed by atoms with Gasteiger partial charge in [-0.2, -0.15) is 0 Å². The van der Waals surface area contributed by atoms with Crippen molar-refractivity contribution >= 4 is 50.9 Å². The fourth-order valence-corrected chi connectivity index (χ4v) is 4.38. The van der Waals surface area contributed by atoms with Crippen LogP contribution in [0.5, 0.6) is 5.75 Å². The van der Waals surface area contributed by atoms with Crippen LogP contribution in [0.3, 0.4) is 0 Å². The van der Waals surface area contributed by atoms with Gasteiger partial charge in [-0.15, -0.1) is 0 Å². The minimum absolute atomic E-state index is 0.00694. The predicted molar refractivity (Wildman–Crippen MR) is 147 cm³/mol. The number of rotatable bonds is 11. The molecule has 2 aromatic carbocycles. The van der Waals surface area contributed by atoms with Gasteiger partial charge in [0.2, 0.25) is 5.91 Å². The van der Waals surface area contributed by atoms with Gasteiger partial charge in [0.1, 0.15) is 11.8 Å². The van der Waals surface area contributed by atoms with E-state index in [-0.39, 0.29) is 30.4 Å². The Kier molecular flexibility index (Phi) is 11.4. The van der Waals surface area contributed by atoms with Gasteiger partial charge < -0.3 is 15.0 Å². The molecule has 2 aromatic rings. The van der Waals surface area contributed by atoms with E-state index in [1.165, 1.54) is 0 Å². The number of nitrogens with zero attached hydrogens (tertiary/aromatic N) is 1. The standard InChI is InChI=1S/C27H35BrCl2N2O3/c1-6-8-13-31-26(34)23(7-2)32(16-18-9-11-21(29)22(30)14-18)25(33)17-35-24-12-10-19(15-20(24)28)27(3,4)5/h9-12,14-15,23H,6-8,13,16-17H2,1-5H3,(H,31,34)/t23-/m1/s1. The van der Waals surface area contributed by atoms with E-state index in [0.29, 0.717) is 28.8 Å². The summed E-state index contributed by atoms with van der Waals surface area (Å²) in [4.78, 5) is 27.9. The summed E-state index contributed by atoms with van der Waals surface area (Å²) in [6.07, 6.45) is 2.32. The Hall–Kier alpha value is -1.76. The molecule has 0 fully saturated rings. The molecule has 0 spiro atoms. The van der Waals surface area contributed by atoms with Crippen LogP contribution in [0.15, 0.2) is 40.9 Å². The maximum Gasteiger partial charge on any atom is 0.261 e. The minimum Gasteiger partial charge on any atom is -0.483 e. The molecule has 2 rings (SSSR count). The third kappa shape index (κ3) is 8.69. The smallest absolute Gasteiger partial charge is 0.261 e. The predicted octanol–water partition coefficient (Wildman–Crippen LogP) is 7.16. The molecule has 5 nitrogen and oxygen atoms in total. The lowest BCUT2D eigenvalue weighted by Crippen LogP contribution is -2.50. The number of ether oxygens (including phenoxy) is 1. The number of halogens is 3. The molecule has 8 heteroatoms. The zero-order valence-electron chi connectivity index (χ0n) is 21.1. The molecule has 0 heterocycles. The SMILES string of the molecule is CCCCNC(=O)[C@@H](CC)N(Cc1ccc(Cl)c(Cl)c1)C(=O)COc1ccc(C(C)(C)C)cc1Br. The number of hydrogen-bond donors (Lipinski definition) is 1. The Morgan fingerprint density at radius 1 is 1.09 bits per heavy atom. The summed E-state index contributed by atoms with van der Waals surface area (Å²) < 4.78 is 6.66. The molecule has 35 heavy (non-hydrogen) atoms. The second-order valence-corrected chi connectivity index (χ2v) is 11.2. The number of carbonyl (C=O) groups is 2. The van der Waals surface area contributed by atoms with Crippen LogP contribution in [0.25, 0.3) is 0 Å². The van der Waals surface area contributed by atoms with Gasteiger partial charge in [0.05, 0.1) is 14.5 Å². The Bertz CT molecular complexity index is 1020. The van der Waals surface area contributed by atoms with E-state index >= 15 is 0 Å². The molecule has 0 unspecified atom stereocenters. The lowest BCUT2D eigenvalue weighted by molar-refractivity contribution is -0.143. The van der Waals surface area contributed by atoms with Gasteiger partial charge in [-0.05, 0) is 69.6 Å². The van der Waals surface area contributed by atoms with E-state index in [4.69, 9.17) is 27.9 Å². The van der Waals surface area contributed by atoms with Crippen LogP contribution >= 0.6 is 39.1 Å². The first-order valence-electron chi connectivity index (χ1n) is 11.9. The van der Waals surface area contributed by atoms with Crippen LogP contribution in [-0.4, -0.2) is 35.9 Å². The first-order valence-corrected chi connectivity index (χ1v) is 13.5. The van der Waals surface area contributed by atoms with Crippen LogP contribution in [0.4, 0.5) is 0 Å². The lowest BCUT2D eigenvalue weighted by Gasteiger charge is -2.30. The molecule has 0 aliphatic carbocycles. The number of unbranched alkanes of at least 4 members (excludes halogenated alkanes) is 1. The average Bonchev–Trinajstić information content (AvgIpc) is 2.79. The summed E-state index contributed by atoms with van der Waals surface area (Å²) in [5.74, 6) is 0.103. The highest BCUT2D eigenvalue weighted by atomic mass is 79.9. The molecule has 0 aliphatic rings. The van der Waals surface area contributed by atoms with Gasteiger partial charge in [0.15, 0.2) is 6.61 Å². The van der Waals surface area contributed by atoms with Crippen molar-refractivity contribution in [1.82, 2.24) is 10.2 Å². The second kappa shape index (κ2) is 13.5. The van der Waals surface area contributed by atoms with Crippen molar-refractivity contribution in [3.8, 4) is 5.75 Å². The third-order valence-corrected chi connectivity index (χ3v) is 7.06. The molecule has 2 amide bonds. The molecule has 0 saturated heterocycles. The normalized spacial score (nSPS) is 12.2. The van der Waals surface area contributed by atoms with Crippen molar-refractivity contribution < 1.29 is 14.3 Å². The Morgan fingerprint density at radius 2 is 1.80 bits per heavy atom.